The molecule has 0 aromatic heterocycles. The molecule has 1 heterocycles. The van der Waals surface area contributed by atoms with Crippen LogP contribution in [0, 0.1) is 0 Å². The molecule has 2 nitrogen and oxygen atoms in total. The van der Waals surface area contributed by atoms with Crippen LogP contribution < -0.4 is 0 Å². The molecular formula is C14H18N2Se. The van der Waals surface area contributed by atoms with Crippen molar-refractivity contribution in [3.63, 3.8) is 0 Å². The minimum atomic E-state index is 0.0909. The Morgan fingerprint density at radius 3 is 2.53 bits per heavy atom. The van der Waals surface area contributed by atoms with Crippen LogP contribution in [0.5, 0.6) is 0 Å². The van der Waals surface area contributed by atoms with Crippen molar-refractivity contribution in [2.75, 3.05) is 7.05 Å². The number of hydrogen-bond acceptors (Lipinski definition) is 1. The number of aliphatic imine (C=N–C) groups is 1. The second kappa shape index (κ2) is 4.67. The molecule has 1 atom stereocenters. The van der Waals surface area contributed by atoms with Gasteiger partial charge in [0.1, 0.15) is 0 Å². The normalized spacial score (nSPS) is 26.9. The molecule has 1 aliphatic heterocycles. The third kappa shape index (κ3) is 2.18. The number of benzene rings is 1. The van der Waals surface area contributed by atoms with Crippen LogP contribution in [-0.4, -0.2) is 37.2 Å². The van der Waals surface area contributed by atoms with Crippen LogP contribution in [0.4, 0.5) is 5.69 Å². The quantitative estimate of drug-likeness (QED) is 0.765. The van der Waals surface area contributed by atoms with Gasteiger partial charge in [-0.05, 0) is 0 Å². The first-order valence-electron chi connectivity index (χ1n) is 5.82. The van der Waals surface area contributed by atoms with Crippen LogP contribution in [0.2, 0.25) is 0 Å². The summed E-state index contributed by atoms with van der Waals surface area (Å²) in [5, 5.41) is 0. The van der Waals surface area contributed by atoms with Crippen molar-refractivity contribution in [1.29, 1.82) is 0 Å². The molecule has 1 unspecified atom stereocenters. The number of nitrogens with zero attached hydrogens (tertiary/aromatic N) is 2. The Morgan fingerprint density at radius 1 is 1.35 bits per heavy atom. The molecule has 0 amide bonds. The summed E-state index contributed by atoms with van der Waals surface area (Å²) in [6, 6.07) is 10.1. The zero-order chi connectivity index (χ0) is 12.5. The molecular weight excluding hydrogens is 275 g/mol. The van der Waals surface area contributed by atoms with E-state index in [1.807, 2.05) is 30.3 Å². The van der Waals surface area contributed by atoms with Gasteiger partial charge in [-0.3, -0.25) is 0 Å². The van der Waals surface area contributed by atoms with E-state index in [1.54, 1.807) is 0 Å². The van der Waals surface area contributed by atoms with E-state index in [0.717, 1.165) is 12.1 Å². The Morgan fingerprint density at radius 2 is 2.00 bits per heavy atom. The van der Waals surface area contributed by atoms with Crippen molar-refractivity contribution in [2.45, 2.75) is 25.8 Å². The van der Waals surface area contributed by atoms with Crippen LogP contribution >= 0.6 is 0 Å². The van der Waals surface area contributed by atoms with E-state index >= 15 is 0 Å². The van der Waals surface area contributed by atoms with Crippen LogP contribution in [0.1, 0.15) is 20.3 Å². The van der Waals surface area contributed by atoms with Crippen molar-refractivity contribution in [1.82, 2.24) is 4.90 Å². The van der Waals surface area contributed by atoms with Crippen LogP contribution in [-0.2, 0) is 0 Å². The van der Waals surface area contributed by atoms with E-state index in [2.05, 4.69) is 32.4 Å². The molecule has 3 heteroatoms. The summed E-state index contributed by atoms with van der Waals surface area (Å²) in [6.45, 7) is 8.69. The predicted octanol–water partition coefficient (Wildman–Crippen LogP) is 3.01. The van der Waals surface area contributed by atoms with Gasteiger partial charge in [-0.2, -0.15) is 0 Å². The van der Waals surface area contributed by atoms with E-state index in [-0.39, 0.29) is 20.5 Å². The van der Waals surface area contributed by atoms with Gasteiger partial charge in [0, 0.05) is 0 Å². The van der Waals surface area contributed by atoms with Gasteiger partial charge in [0.15, 0.2) is 0 Å². The Balaban J connectivity index is 2.32. The van der Waals surface area contributed by atoms with Gasteiger partial charge in [-0.25, -0.2) is 0 Å². The monoisotopic (exact) mass is 294 g/mol. The summed E-state index contributed by atoms with van der Waals surface area (Å²) in [6.07, 6.45) is 1.08. The van der Waals surface area contributed by atoms with Crippen molar-refractivity contribution in [3.8, 4) is 0 Å². The standard InChI is InChI=1S/C14H18N2Se/c1-5-14(3)11(2)17-13(16(14)4)15-12-9-7-6-8-10-12/h6-10H,2,5H2,1,3-4H3. The molecule has 1 aromatic carbocycles. The molecule has 0 bridgehead atoms. The van der Waals surface area contributed by atoms with Crippen LogP contribution in [0.25, 0.3) is 0 Å². The molecule has 0 radical (unpaired) electrons. The molecule has 1 aliphatic rings. The third-order valence-corrected chi connectivity index (χ3v) is 6.10. The second-order valence-corrected chi connectivity index (χ2v) is 6.67. The summed E-state index contributed by atoms with van der Waals surface area (Å²) in [5.74, 6) is 0. The molecule has 0 saturated carbocycles. The molecule has 0 N–H and O–H groups in total. The first-order chi connectivity index (χ1) is 8.08. The first kappa shape index (κ1) is 12.4. The topological polar surface area (TPSA) is 15.6 Å². The van der Waals surface area contributed by atoms with Crippen molar-refractivity contribution in [3.05, 3.63) is 41.4 Å². The first-order valence-corrected chi connectivity index (χ1v) is 7.54. The molecule has 1 aromatic rings. The Labute approximate surface area is 110 Å². The fourth-order valence-electron chi connectivity index (χ4n) is 1.83. The molecule has 2 rings (SSSR count). The second-order valence-electron chi connectivity index (χ2n) is 4.44. The number of amidine groups is 1. The zero-order valence-electron chi connectivity index (χ0n) is 10.6. The minimum absolute atomic E-state index is 0.0909. The maximum atomic E-state index is 4.74. The Kier molecular flexibility index (Phi) is 3.41. The van der Waals surface area contributed by atoms with Crippen LogP contribution in [0.15, 0.2) is 46.4 Å². The summed E-state index contributed by atoms with van der Waals surface area (Å²) >= 11 is 0.287. The Bertz CT molecular complexity index is 453. The molecule has 0 aliphatic carbocycles. The number of likely N-dealkylation sites (N-methyl/N-ethyl adjacent to an activating group) is 1. The SMILES string of the molecule is C=C1[Se]C(=Nc2ccccc2)N(C)C1(C)CC. The molecule has 1 fully saturated rings. The van der Waals surface area contributed by atoms with E-state index < -0.39 is 0 Å². The van der Waals surface area contributed by atoms with E-state index in [0.29, 0.717) is 0 Å². The van der Waals surface area contributed by atoms with Gasteiger partial charge in [0.2, 0.25) is 0 Å². The number of rotatable bonds is 2. The number of hydrogen-bond donors (Lipinski definition) is 0. The molecule has 0 spiro atoms. The van der Waals surface area contributed by atoms with Crippen molar-refractivity contribution < 1.29 is 0 Å². The van der Waals surface area contributed by atoms with Crippen molar-refractivity contribution >= 4 is 25.4 Å². The van der Waals surface area contributed by atoms with E-state index in [9.17, 15) is 0 Å². The number of para-hydroxylation sites is 1. The van der Waals surface area contributed by atoms with Crippen LogP contribution in [0.3, 0.4) is 0 Å². The summed E-state index contributed by atoms with van der Waals surface area (Å²) in [7, 11) is 2.13. The third-order valence-electron chi connectivity index (χ3n) is 3.51. The molecule has 17 heavy (non-hydrogen) atoms. The maximum absolute atomic E-state index is 4.74. The van der Waals surface area contributed by atoms with E-state index in [1.165, 1.54) is 9.21 Å². The van der Waals surface area contributed by atoms with Gasteiger partial charge in [0.05, 0.1) is 0 Å². The predicted molar refractivity (Wildman–Crippen MR) is 74.9 cm³/mol. The zero-order valence-corrected chi connectivity index (χ0v) is 12.3. The summed E-state index contributed by atoms with van der Waals surface area (Å²) in [4.78, 5) is 7.04. The molecule has 90 valence electrons. The summed E-state index contributed by atoms with van der Waals surface area (Å²) in [5.41, 5.74) is 1.12. The average molecular weight is 293 g/mol. The molecule has 1 saturated heterocycles. The van der Waals surface area contributed by atoms with Gasteiger partial charge in [0.25, 0.3) is 0 Å². The Hall–Kier alpha value is -1.05. The van der Waals surface area contributed by atoms with Gasteiger partial charge in [-0.15, -0.1) is 0 Å². The van der Waals surface area contributed by atoms with Gasteiger partial charge in [-0.1, -0.05) is 0 Å². The average Bonchev–Trinajstić information content (AvgIpc) is 2.56. The fourth-order valence-corrected chi connectivity index (χ4v) is 4.37. The van der Waals surface area contributed by atoms with Gasteiger partial charge >= 0.3 is 110 Å². The summed E-state index contributed by atoms with van der Waals surface area (Å²) < 4.78 is 2.50. The van der Waals surface area contributed by atoms with Crippen molar-refractivity contribution in [2.24, 2.45) is 4.99 Å². The van der Waals surface area contributed by atoms with Gasteiger partial charge < -0.3 is 0 Å². The van der Waals surface area contributed by atoms with E-state index in [4.69, 9.17) is 4.99 Å². The fraction of sp³-hybridized carbons (Fsp3) is 0.357.